The van der Waals surface area contributed by atoms with Crippen LogP contribution in [-0.4, -0.2) is 43.7 Å². The molecule has 0 saturated carbocycles. The van der Waals surface area contributed by atoms with Gasteiger partial charge in [0.2, 0.25) is 0 Å². The molecular formula is C21H33NO3. The Morgan fingerprint density at radius 3 is 2.60 bits per heavy atom. The van der Waals surface area contributed by atoms with Gasteiger partial charge in [0.05, 0.1) is 18.6 Å². The first-order chi connectivity index (χ1) is 12.2. The zero-order valence-electron chi connectivity index (χ0n) is 15.8. The Labute approximate surface area is 152 Å². The molecule has 1 aliphatic heterocycles. The van der Waals surface area contributed by atoms with Gasteiger partial charge in [0.25, 0.3) is 0 Å². The molecule has 0 amide bonds. The molecule has 1 saturated heterocycles. The molecule has 0 aromatic heterocycles. The topological polar surface area (TPSA) is 38.8 Å². The summed E-state index contributed by atoms with van der Waals surface area (Å²) in [6.07, 6.45) is 6.22. The normalized spacial score (nSPS) is 17.4. The van der Waals surface area contributed by atoms with Gasteiger partial charge in [0.1, 0.15) is 6.61 Å². The molecule has 0 aliphatic carbocycles. The molecule has 2 rings (SSSR count). The first kappa shape index (κ1) is 19.9. The van der Waals surface area contributed by atoms with E-state index in [2.05, 4.69) is 31.0 Å². The zero-order chi connectivity index (χ0) is 17.9. The van der Waals surface area contributed by atoms with Crippen molar-refractivity contribution in [3.63, 3.8) is 0 Å². The lowest BCUT2D eigenvalue weighted by Crippen LogP contribution is -2.35. The minimum absolute atomic E-state index is 0.0121. The number of carbonyl (C=O) groups excluding carboxylic acids is 1. The summed E-state index contributed by atoms with van der Waals surface area (Å²) in [6, 6.07) is 10.2. The number of carbonyl (C=O) groups is 1. The Kier molecular flexibility index (Phi) is 8.98. The van der Waals surface area contributed by atoms with E-state index in [1.54, 1.807) is 0 Å². The number of nitrogens with zero attached hydrogens (tertiary/aromatic N) is 1. The van der Waals surface area contributed by atoms with Crippen LogP contribution in [-0.2, 0) is 20.9 Å². The highest BCUT2D eigenvalue weighted by molar-refractivity contribution is 5.72. The van der Waals surface area contributed by atoms with E-state index in [9.17, 15) is 4.79 Å². The summed E-state index contributed by atoms with van der Waals surface area (Å²) in [5, 5.41) is 0. The number of hydrogen-bond acceptors (Lipinski definition) is 4. The minimum atomic E-state index is -0.0445. The van der Waals surface area contributed by atoms with Crippen molar-refractivity contribution >= 4 is 5.97 Å². The minimum Gasteiger partial charge on any atom is -0.463 e. The molecule has 4 heteroatoms. The van der Waals surface area contributed by atoms with Crippen molar-refractivity contribution in [3.05, 3.63) is 35.9 Å². The molecule has 1 heterocycles. The number of ether oxygens (including phenoxy) is 2. The third-order valence-electron chi connectivity index (χ3n) is 4.92. The Balaban J connectivity index is 1.77. The van der Waals surface area contributed by atoms with Gasteiger partial charge in [-0.3, -0.25) is 4.79 Å². The number of likely N-dealkylation sites (tertiary alicyclic amines) is 1. The molecule has 140 valence electrons. The van der Waals surface area contributed by atoms with E-state index in [-0.39, 0.29) is 18.0 Å². The summed E-state index contributed by atoms with van der Waals surface area (Å²) in [5.74, 6) is 0.0125. The quantitative estimate of drug-likeness (QED) is 0.473. The van der Waals surface area contributed by atoms with E-state index in [1.807, 2.05) is 18.2 Å². The summed E-state index contributed by atoms with van der Waals surface area (Å²) in [5.41, 5.74) is 1.16. The van der Waals surface area contributed by atoms with Crippen molar-refractivity contribution < 1.29 is 14.3 Å². The van der Waals surface area contributed by atoms with E-state index in [4.69, 9.17) is 9.47 Å². The number of hydrogen-bond donors (Lipinski definition) is 0. The second-order valence-electron chi connectivity index (χ2n) is 7.12. The van der Waals surface area contributed by atoms with E-state index < -0.39 is 0 Å². The highest BCUT2D eigenvalue weighted by Gasteiger charge is 2.25. The number of piperidine rings is 1. The van der Waals surface area contributed by atoms with Crippen molar-refractivity contribution in [2.45, 2.75) is 58.2 Å². The summed E-state index contributed by atoms with van der Waals surface area (Å²) < 4.78 is 11.7. The number of benzene rings is 1. The molecule has 1 aliphatic rings. The molecule has 1 aromatic rings. The first-order valence-electron chi connectivity index (χ1n) is 9.69. The van der Waals surface area contributed by atoms with Gasteiger partial charge in [-0.2, -0.15) is 0 Å². The molecule has 4 nitrogen and oxygen atoms in total. The first-order valence-corrected chi connectivity index (χ1v) is 9.69. The van der Waals surface area contributed by atoms with Gasteiger partial charge in [-0.1, -0.05) is 56.5 Å². The van der Waals surface area contributed by atoms with Gasteiger partial charge >= 0.3 is 5.97 Å². The van der Waals surface area contributed by atoms with Crippen LogP contribution >= 0.6 is 0 Å². The van der Waals surface area contributed by atoms with Crippen molar-refractivity contribution in [1.29, 1.82) is 0 Å². The maximum atomic E-state index is 12.3. The Morgan fingerprint density at radius 1 is 1.20 bits per heavy atom. The lowest BCUT2D eigenvalue weighted by molar-refractivity contribution is -0.155. The second kappa shape index (κ2) is 11.3. The van der Waals surface area contributed by atoms with Gasteiger partial charge in [-0.05, 0) is 45.0 Å². The van der Waals surface area contributed by atoms with Crippen molar-refractivity contribution in [1.82, 2.24) is 4.90 Å². The fraction of sp³-hybridized carbons (Fsp3) is 0.667. The van der Waals surface area contributed by atoms with Crippen LogP contribution < -0.4 is 0 Å². The van der Waals surface area contributed by atoms with E-state index in [0.717, 1.165) is 44.3 Å². The average Bonchev–Trinajstić information content (AvgIpc) is 2.65. The molecule has 1 fully saturated rings. The molecule has 1 atom stereocenters. The predicted molar refractivity (Wildman–Crippen MR) is 100 cm³/mol. The van der Waals surface area contributed by atoms with E-state index >= 15 is 0 Å². The van der Waals surface area contributed by atoms with Crippen LogP contribution in [0.5, 0.6) is 0 Å². The SMILES string of the molecule is CCCCCC(COC(=O)C1CCN(C)CC1)OCc1ccccc1. The van der Waals surface area contributed by atoms with E-state index in [1.165, 1.54) is 12.8 Å². The molecule has 0 radical (unpaired) electrons. The molecular weight excluding hydrogens is 314 g/mol. The lowest BCUT2D eigenvalue weighted by Gasteiger charge is -2.28. The van der Waals surface area contributed by atoms with Crippen LogP contribution in [0.25, 0.3) is 0 Å². The zero-order valence-corrected chi connectivity index (χ0v) is 15.8. The third kappa shape index (κ3) is 7.57. The van der Waals surface area contributed by atoms with Crippen LogP contribution in [0.1, 0.15) is 51.0 Å². The highest BCUT2D eigenvalue weighted by atomic mass is 16.6. The van der Waals surface area contributed by atoms with E-state index in [0.29, 0.717) is 13.2 Å². The largest absolute Gasteiger partial charge is 0.463 e. The molecule has 1 unspecified atom stereocenters. The Hall–Kier alpha value is -1.39. The molecule has 0 bridgehead atoms. The van der Waals surface area contributed by atoms with Crippen LogP contribution in [0, 0.1) is 5.92 Å². The Morgan fingerprint density at radius 2 is 1.92 bits per heavy atom. The lowest BCUT2D eigenvalue weighted by atomic mass is 9.97. The van der Waals surface area contributed by atoms with Crippen LogP contribution in [0.15, 0.2) is 30.3 Å². The summed E-state index contributed by atoms with van der Waals surface area (Å²) in [4.78, 5) is 14.6. The molecule has 1 aromatic carbocycles. The van der Waals surface area contributed by atoms with Gasteiger partial charge in [-0.25, -0.2) is 0 Å². The molecule has 25 heavy (non-hydrogen) atoms. The van der Waals surface area contributed by atoms with Gasteiger partial charge in [0, 0.05) is 0 Å². The predicted octanol–water partition coefficient (Wildman–Crippen LogP) is 4.04. The second-order valence-corrected chi connectivity index (χ2v) is 7.12. The number of rotatable bonds is 10. The average molecular weight is 347 g/mol. The van der Waals surface area contributed by atoms with Crippen LogP contribution in [0.4, 0.5) is 0 Å². The smallest absolute Gasteiger partial charge is 0.309 e. The summed E-state index contributed by atoms with van der Waals surface area (Å²) in [7, 11) is 2.10. The van der Waals surface area contributed by atoms with Crippen LogP contribution in [0.3, 0.4) is 0 Å². The molecule has 0 spiro atoms. The van der Waals surface area contributed by atoms with Gasteiger partial charge < -0.3 is 14.4 Å². The number of unbranched alkanes of at least 4 members (excludes halogenated alkanes) is 2. The fourth-order valence-corrected chi connectivity index (χ4v) is 3.16. The third-order valence-corrected chi connectivity index (χ3v) is 4.92. The van der Waals surface area contributed by atoms with Crippen molar-refractivity contribution in [2.75, 3.05) is 26.7 Å². The number of esters is 1. The standard InChI is InChI=1S/C21H33NO3/c1-3-4-6-11-20(24-16-18-9-7-5-8-10-18)17-25-21(23)19-12-14-22(2)15-13-19/h5,7-10,19-20H,3-4,6,11-17H2,1-2H3. The van der Waals surface area contributed by atoms with Gasteiger partial charge in [-0.15, -0.1) is 0 Å². The van der Waals surface area contributed by atoms with Crippen molar-refractivity contribution in [2.24, 2.45) is 5.92 Å². The maximum absolute atomic E-state index is 12.3. The Bertz CT molecular complexity index is 483. The summed E-state index contributed by atoms with van der Waals surface area (Å²) in [6.45, 7) is 5.10. The maximum Gasteiger partial charge on any atom is 0.309 e. The fourth-order valence-electron chi connectivity index (χ4n) is 3.16. The van der Waals surface area contributed by atoms with Gasteiger partial charge in [0.15, 0.2) is 0 Å². The molecule has 0 N–H and O–H groups in total. The summed E-state index contributed by atoms with van der Waals surface area (Å²) >= 11 is 0. The monoisotopic (exact) mass is 347 g/mol. The van der Waals surface area contributed by atoms with Crippen molar-refractivity contribution in [3.8, 4) is 0 Å². The highest BCUT2D eigenvalue weighted by Crippen LogP contribution is 2.18. The van der Waals surface area contributed by atoms with Crippen LogP contribution in [0.2, 0.25) is 0 Å².